The molecule has 0 aliphatic carbocycles. The summed E-state index contributed by atoms with van der Waals surface area (Å²) < 4.78 is 35.4. The van der Waals surface area contributed by atoms with Crippen molar-refractivity contribution in [2.75, 3.05) is 7.11 Å². The molecule has 3 rings (SSSR count). The van der Waals surface area contributed by atoms with Crippen molar-refractivity contribution in [3.8, 4) is 11.5 Å². The predicted molar refractivity (Wildman–Crippen MR) is 114 cm³/mol. The zero-order valence-electron chi connectivity index (χ0n) is 15.8. The van der Waals surface area contributed by atoms with E-state index in [-0.39, 0.29) is 27.3 Å². The first kappa shape index (κ1) is 21.4. The van der Waals surface area contributed by atoms with Crippen LogP contribution in [-0.4, -0.2) is 27.6 Å². The van der Waals surface area contributed by atoms with Crippen molar-refractivity contribution in [2.24, 2.45) is 5.10 Å². The second kappa shape index (κ2) is 9.43. The summed E-state index contributed by atoms with van der Waals surface area (Å²) >= 11 is 6.23. The van der Waals surface area contributed by atoms with Crippen LogP contribution in [0.5, 0.6) is 11.5 Å². The van der Waals surface area contributed by atoms with Crippen molar-refractivity contribution in [3.05, 3.63) is 88.9 Å². The third-order valence-corrected chi connectivity index (χ3v) is 5.41. The number of rotatable bonds is 7. The van der Waals surface area contributed by atoms with Gasteiger partial charge in [0.2, 0.25) is 5.75 Å². The summed E-state index contributed by atoms with van der Waals surface area (Å²) in [6, 6.07) is 19.2. The fourth-order valence-electron chi connectivity index (χ4n) is 2.46. The number of amides is 1. The lowest BCUT2D eigenvalue weighted by atomic mass is 10.2. The summed E-state index contributed by atoms with van der Waals surface area (Å²) in [4.78, 5) is 12.0. The van der Waals surface area contributed by atoms with Gasteiger partial charge < -0.3 is 8.92 Å². The number of ether oxygens (including phenoxy) is 1. The van der Waals surface area contributed by atoms with E-state index in [0.717, 1.165) is 0 Å². The van der Waals surface area contributed by atoms with Crippen LogP contribution in [0.4, 0.5) is 0 Å². The van der Waals surface area contributed by atoms with Crippen LogP contribution in [0.2, 0.25) is 5.02 Å². The van der Waals surface area contributed by atoms with E-state index in [2.05, 4.69) is 10.5 Å². The molecule has 0 spiro atoms. The maximum atomic E-state index is 12.5. The lowest BCUT2D eigenvalue weighted by Crippen LogP contribution is -2.17. The Hall–Kier alpha value is -3.36. The molecule has 0 aliphatic rings. The summed E-state index contributed by atoms with van der Waals surface area (Å²) in [6.07, 6.45) is 1.35. The fraction of sp³-hybridized carbons (Fsp3) is 0.0476. The Labute approximate surface area is 179 Å². The lowest BCUT2D eigenvalue weighted by Gasteiger charge is -2.13. The number of hydrazone groups is 1. The molecular formula is C21H17ClN2O5S. The fourth-order valence-corrected chi connectivity index (χ4v) is 3.74. The summed E-state index contributed by atoms with van der Waals surface area (Å²) in [5, 5.41) is 3.89. The zero-order chi connectivity index (χ0) is 21.6. The number of hydrogen-bond donors (Lipinski definition) is 1. The van der Waals surface area contributed by atoms with Crippen molar-refractivity contribution >= 4 is 33.8 Å². The Morgan fingerprint density at radius 1 is 1.03 bits per heavy atom. The Morgan fingerprint density at radius 3 is 2.30 bits per heavy atom. The third kappa shape index (κ3) is 5.16. The van der Waals surface area contributed by atoms with E-state index < -0.39 is 10.1 Å². The van der Waals surface area contributed by atoms with Gasteiger partial charge in [-0.25, -0.2) is 5.43 Å². The highest BCUT2D eigenvalue weighted by molar-refractivity contribution is 7.87. The molecule has 1 N–H and O–H groups in total. The standard InChI is InChI=1S/C21H17ClN2O5S/c1-28-19-13-15(14-23-24-21(25)16-8-4-2-5-9-16)12-18(22)20(19)29-30(26,27)17-10-6-3-7-11-17/h2-14H,1H3,(H,24,25)/b23-14+. The number of halogens is 1. The van der Waals surface area contributed by atoms with Gasteiger partial charge in [-0.05, 0) is 42.0 Å². The summed E-state index contributed by atoms with van der Waals surface area (Å²) in [5.74, 6) is -0.426. The second-order valence-electron chi connectivity index (χ2n) is 5.95. The Morgan fingerprint density at radius 2 is 1.67 bits per heavy atom. The molecule has 9 heteroatoms. The van der Waals surface area contributed by atoms with Crippen LogP contribution in [0.25, 0.3) is 0 Å². The molecule has 1 amide bonds. The molecule has 3 aromatic rings. The van der Waals surface area contributed by atoms with Gasteiger partial charge in [0.05, 0.1) is 18.3 Å². The van der Waals surface area contributed by atoms with Crippen molar-refractivity contribution in [1.29, 1.82) is 0 Å². The second-order valence-corrected chi connectivity index (χ2v) is 7.90. The van der Waals surface area contributed by atoms with Crippen LogP contribution in [0.3, 0.4) is 0 Å². The number of carbonyl (C=O) groups excluding carboxylic acids is 1. The summed E-state index contributed by atoms with van der Waals surface area (Å²) in [5.41, 5.74) is 3.32. The number of benzene rings is 3. The van der Waals surface area contributed by atoms with Crippen LogP contribution < -0.4 is 14.3 Å². The van der Waals surface area contributed by atoms with E-state index in [1.807, 2.05) is 0 Å². The Balaban J connectivity index is 1.79. The molecule has 0 aromatic heterocycles. The molecule has 0 heterocycles. The topological polar surface area (TPSA) is 94.1 Å². The monoisotopic (exact) mass is 444 g/mol. The van der Waals surface area contributed by atoms with Crippen molar-refractivity contribution in [1.82, 2.24) is 5.43 Å². The number of methoxy groups -OCH3 is 1. The molecule has 0 atom stereocenters. The van der Waals surface area contributed by atoms with Gasteiger partial charge in [-0.2, -0.15) is 13.5 Å². The van der Waals surface area contributed by atoms with E-state index in [9.17, 15) is 13.2 Å². The average molecular weight is 445 g/mol. The van der Waals surface area contributed by atoms with E-state index in [1.54, 1.807) is 48.5 Å². The number of nitrogens with one attached hydrogen (secondary N) is 1. The van der Waals surface area contributed by atoms with Crippen LogP contribution in [0.15, 0.2) is 82.8 Å². The van der Waals surface area contributed by atoms with E-state index in [4.69, 9.17) is 20.5 Å². The van der Waals surface area contributed by atoms with Gasteiger partial charge in [-0.15, -0.1) is 0 Å². The molecule has 154 valence electrons. The minimum absolute atomic E-state index is 0.00434. The minimum Gasteiger partial charge on any atom is -0.493 e. The van der Waals surface area contributed by atoms with E-state index in [0.29, 0.717) is 11.1 Å². The average Bonchev–Trinajstić information content (AvgIpc) is 2.76. The predicted octanol–water partition coefficient (Wildman–Crippen LogP) is 3.88. The van der Waals surface area contributed by atoms with Crippen LogP contribution >= 0.6 is 11.6 Å². The first-order valence-corrected chi connectivity index (χ1v) is 10.4. The molecule has 0 fully saturated rings. The minimum atomic E-state index is -4.10. The Bertz CT molecular complexity index is 1170. The molecular weight excluding hydrogens is 428 g/mol. The molecule has 0 bridgehead atoms. The SMILES string of the molecule is COc1cc(/C=N/NC(=O)c2ccccc2)cc(Cl)c1OS(=O)(=O)c1ccccc1. The van der Waals surface area contributed by atoms with Gasteiger partial charge in [0.1, 0.15) is 4.90 Å². The molecule has 3 aromatic carbocycles. The van der Waals surface area contributed by atoms with Gasteiger partial charge in [0.25, 0.3) is 5.91 Å². The summed E-state index contributed by atoms with van der Waals surface area (Å²) in [7, 11) is -2.74. The van der Waals surface area contributed by atoms with Gasteiger partial charge in [-0.3, -0.25) is 4.79 Å². The Kier molecular flexibility index (Phi) is 6.71. The normalized spacial score (nSPS) is 11.3. The highest BCUT2D eigenvalue weighted by Crippen LogP contribution is 2.37. The quantitative estimate of drug-likeness (QED) is 0.339. The van der Waals surface area contributed by atoms with E-state index in [1.165, 1.54) is 37.6 Å². The molecule has 0 saturated heterocycles. The lowest BCUT2D eigenvalue weighted by molar-refractivity contribution is 0.0955. The molecule has 0 unspecified atom stereocenters. The number of nitrogens with zero attached hydrogens (tertiary/aromatic N) is 1. The van der Waals surface area contributed by atoms with Crippen LogP contribution in [0.1, 0.15) is 15.9 Å². The van der Waals surface area contributed by atoms with E-state index >= 15 is 0 Å². The molecule has 30 heavy (non-hydrogen) atoms. The smallest absolute Gasteiger partial charge is 0.339 e. The molecule has 7 nitrogen and oxygen atoms in total. The first-order chi connectivity index (χ1) is 14.4. The number of carbonyl (C=O) groups is 1. The highest BCUT2D eigenvalue weighted by atomic mass is 35.5. The van der Waals surface area contributed by atoms with Crippen molar-refractivity contribution in [3.63, 3.8) is 0 Å². The molecule has 0 saturated carbocycles. The first-order valence-electron chi connectivity index (χ1n) is 8.66. The van der Waals surface area contributed by atoms with Gasteiger partial charge in [0.15, 0.2) is 5.75 Å². The maximum absolute atomic E-state index is 12.5. The van der Waals surface area contributed by atoms with Crippen molar-refractivity contribution < 1.29 is 22.1 Å². The highest BCUT2D eigenvalue weighted by Gasteiger charge is 2.21. The van der Waals surface area contributed by atoms with Gasteiger partial charge >= 0.3 is 10.1 Å². The van der Waals surface area contributed by atoms with Crippen molar-refractivity contribution in [2.45, 2.75) is 4.90 Å². The molecule has 0 radical (unpaired) electrons. The number of hydrogen-bond acceptors (Lipinski definition) is 6. The largest absolute Gasteiger partial charge is 0.493 e. The third-order valence-electron chi connectivity index (χ3n) is 3.89. The van der Waals surface area contributed by atoms with Gasteiger partial charge in [-0.1, -0.05) is 48.0 Å². The molecule has 0 aliphatic heterocycles. The maximum Gasteiger partial charge on any atom is 0.339 e. The van der Waals surface area contributed by atoms with Crippen LogP contribution in [-0.2, 0) is 10.1 Å². The van der Waals surface area contributed by atoms with Gasteiger partial charge in [0, 0.05) is 5.56 Å². The zero-order valence-corrected chi connectivity index (χ0v) is 17.4. The van der Waals surface area contributed by atoms with Crippen LogP contribution in [0, 0.1) is 0 Å². The summed E-state index contributed by atoms with van der Waals surface area (Å²) in [6.45, 7) is 0.